The van der Waals surface area contributed by atoms with Crippen molar-refractivity contribution in [1.29, 1.82) is 0 Å². The minimum absolute atomic E-state index is 0.238. The number of pyridine rings is 2. The molecule has 0 spiro atoms. The van der Waals surface area contributed by atoms with E-state index in [-0.39, 0.29) is 22.3 Å². The smallest absolute Gasteiger partial charge is 0.257 e. The van der Waals surface area contributed by atoms with Crippen LogP contribution >= 0.6 is 23.2 Å². The molecule has 10 heteroatoms. The molecule has 1 aromatic carbocycles. The summed E-state index contributed by atoms with van der Waals surface area (Å²) in [6.07, 6.45) is 2.81. The fraction of sp³-hybridized carbons (Fsp3) is 0.174. The lowest BCUT2D eigenvalue weighted by Gasteiger charge is -2.10. The second kappa shape index (κ2) is 10.1. The first kappa shape index (κ1) is 22.8. The van der Waals surface area contributed by atoms with E-state index in [2.05, 4.69) is 15.4 Å². The molecule has 0 bridgehead atoms. The van der Waals surface area contributed by atoms with Crippen molar-refractivity contribution in [3.63, 3.8) is 0 Å². The van der Waals surface area contributed by atoms with Crippen LogP contribution < -0.4 is 14.8 Å². The zero-order chi connectivity index (χ0) is 23.4. The van der Waals surface area contributed by atoms with Crippen LogP contribution in [0.5, 0.6) is 11.6 Å². The summed E-state index contributed by atoms with van der Waals surface area (Å²) in [7, 11) is 3.16. The molecule has 0 saturated heterocycles. The Hall–Kier alpha value is -3.33. The molecule has 0 aliphatic rings. The summed E-state index contributed by atoms with van der Waals surface area (Å²) >= 11 is 12.3. The van der Waals surface area contributed by atoms with E-state index >= 15 is 0 Å². The maximum atomic E-state index is 13.0. The summed E-state index contributed by atoms with van der Waals surface area (Å²) in [5, 5.41) is 7.75. The first-order valence-corrected chi connectivity index (χ1v) is 10.6. The molecule has 0 atom stereocenters. The number of carbonyl (C=O) groups is 1. The quantitative estimate of drug-likeness (QED) is 0.376. The topological polar surface area (TPSA) is 87.0 Å². The molecule has 3 aromatic heterocycles. The van der Waals surface area contributed by atoms with Gasteiger partial charge in [-0.25, -0.2) is 0 Å². The van der Waals surface area contributed by atoms with Crippen molar-refractivity contribution < 1.29 is 19.0 Å². The van der Waals surface area contributed by atoms with Crippen LogP contribution in [0.3, 0.4) is 0 Å². The molecule has 0 saturated carbocycles. The number of benzene rings is 1. The average molecular weight is 487 g/mol. The molecule has 1 N–H and O–H groups in total. The Morgan fingerprint density at radius 1 is 1.00 bits per heavy atom. The predicted octanol–water partition coefficient (Wildman–Crippen LogP) is 5.02. The number of hydrogen-bond donors (Lipinski definition) is 1. The van der Waals surface area contributed by atoms with Gasteiger partial charge in [-0.1, -0.05) is 35.3 Å². The molecule has 33 heavy (non-hydrogen) atoms. The Labute approximate surface area is 200 Å². The summed E-state index contributed by atoms with van der Waals surface area (Å²) in [6.45, 7) is 0.654. The maximum Gasteiger partial charge on any atom is 0.257 e. The molecule has 4 rings (SSSR count). The van der Waals surface area contributed by atoms with Gasteiger partial charge in [0.1, 0.15) is 5.75 Å². The van der Waals surface area contributed by atoms with Crippen LogP contribution in [0, 0.1) is 0 Å². The number of anilines is 1. The van der Waals surface area contributed by atoms with E-state index in [4.69, 9.17) is 37.4 Å². The van der Waals surface area contributed by atoms with Crippen molar-refractivity contribution in [1.82, 2.24) is 14.6 Å². The van der Waals surface area contributed by atoms with E-state index in [9.17, 15) is 4.79 Å². The number of rotatable bonds is 8. The minimum atomic E-state index is -0.400. The Balaban J connectivity index is 1.55. The van der Waals surface area contributed by atoms with Gasteiger partial charge < -0.3 is 19.5 Å². The van der Waals surface area contributed by atoms with E-state index in [0.717, 1.165) is 11.3 Å². The number of nitrogens with zero attached hydrogens (tertiary/aromatic N) is 3. The highest BCUT2D eigenvalue weighted by Gasteiger charge is 2.18. The monoisotopic (exact) mass is 486 g/mol. The average Bonchev–Trinajstić information content (AvgIpc) is 3.25. The molecule has 0 aliphatic carbocycles. The summed E-state index contributed by atoms with van der Waals surface area (Å²) in [5.74, 6) is 0.859. The summed E-state index contributed by atoms with van der Waals surface area (Å²) in [4.78, 5) is 16.9. The van der Waals surface area contributed by atoms with Crippen molar-refractivity contribution >= 4 is 40.3 Å². The number of ether oxygens (including phenoxy) is 3. The van der Waals surface area contributed by atoms with Crippen LogP contribution in [0.15, 0.2) is 54.9 Å². The first-order valence-electron chi connectivity index (χ1n) is 9.87. The number of carbonyl (C=O) groups excluding carboxylic acids is 1. The Morgan fingerprint density at radius 2 is 1.73 bits per heavy atom. The van der Waals surface area contributed by atoms with Gasteiger partial charge in [-0.05, 0) is 29.8 Å². The summed E-state index contributed by atoms with van der Waals surface area (Å²) in [5.41, 5.74) is 2.85. The van der Waals surface area contributed by atoms with Gasteiger partial charge in [0.2, 0.25) is 5.88 Å². The largest absolute Gasteiger partial charge is 0.497 e. The van der Waals surface area contributed by atoms with Gasteiger partial charge in [-0.2, -0.15) is 9.61 Å². The molecular formula is C23H20Cl2N4O4. The molecule has 170 valence electrons. The highest BCUT2D eigenvalue weighted by atomic mass is 35.5. The standard InChI is InChI=1S/C23H20Cl2N4O4/c1-31-16-5-3-14(4-6-16)12-33-13-15-9-20-17(7-8-21(32-2)29(20)28-15)23(30)27-22-18(24)10-26-11-19(22)25/h3-11H,12-13H2,1-2H3,(H,26,27,30). The molecule has 8 nitrogen and oxygen atoms in total. The molecule has 4 aromatic rings. The van der Waals surface area contributed by atoms with Gasteiger partial charge in [0.25, 0.3) is 5.91 Å². The maximum absolute atomic E-state index is 13.0. The number of aromatic nitrogens is 3. The van der Waals surface area contributed by atoms with E-state index in [0.29, 0.717) is 29.3 Å². The highest BCUT2D eigenvalue weighted by molar-refractivity contribution is 6.39. The van der Waals surface area contributed by atoms with E-state index in [1.54, 1.807) is 29.8 Å². The molecule has 0 unspecified atom stereocenters. The van der Waals surface area contributed by atoms with Crippen molar-refractivity contribution in [3.05, 3.63) is 81.7 Å². The predicted molar refractivity (Wildman–Crippen MR) is 125 cm³/mol. The van der Waals surface area contributed by atoms with Gasteiger partial charge in [0, 0.05) is 18.5 Å². The van der Waals surface area contributed by atoms with E-state index in [1.807, 2.05) is 24.3 Å². The SMILES string of the molecule is COc1ccc(COCc2cc3c(C(=O)Nc4c(Cl)cncc4Cl)ccc(OC)n3n2)cc1. The first-order chi connectivity index (χ1) is 16.0. The fourth-order valence-electron chi connectivity index (χ4n) is 3.22. The fourth-order valence-corrected chi connectivity index (χ4v) is 3.68. The van der Waals surface area contributed by atoms with Crippen molar-refractivity contribution in [3.8, 4) is 11.6 Å². The second-order valence-electron chi connectivity index (χ2n) is 7.00. The van der Waals surface area contributed by atoms with Crippen molar-refractivity contribution in [2.45, 2.75) is 13.2 Å². The number of fused-ring (bicyclic) bond motifs is 1. The van der Waals surface area contributed by atoms with Crippen LogP contribution in [0.1, 0.15) is 21.6 Å². The number of amides is 1. The summed E-state index contributed by atoms with van der Waals surface area (Å²) in [6, 6.07) is 12.7. The van der Waals surface area contributed by atoms with Gasteiger partial charge in [0.05, 0.1) is 59.9 Å². The lowest BCUT2D eigenvalue weighted by molar-refractivity contribution is 0.102. The van der Waals surface area contributed by atoms with Gasteiger partial charge in [-0.3, -0.25) is 9.78 Å². The normalized spacial score (nSPS) is 10.9. The number of hydrogen-bond acceptors (Lipinski definition) is 6. The van der Waals surface area contributed by atoms with Crippen LogP contribution in [0.25, 0.3) is 5.52 Å². The zero-order valence-electron chi connectivity index (χ0n) is 17.8. The van der Waals surface area contributed by atoms with Crippen LogP contribution in [-0.4, -0.2) is 34.7 Å². The molecule has 0 fully saturated rings. The van der Waals surface area contributed by atoms with Gasteiger partial charge in [0.15, 0.2) is 0 Å². The van der Waals surface area contributed by atoms with Gasteiger partial charge in [-0.15, -0.1) is 0 Å². The Kier molecular flexibility index (Phi) is 6.98. The van der Waals surface area contributed by atoms with Crippen LogP contribution in [-0.2, 0) is 18.0 Å². The second-order valence-corrected chi connectivity index (χ2v) is 7.81. The lowest BCUT2D eigenvalue weighted by Crippen LogP contribution is -2.14. The van der Waals surface area contributed by atoms with Gasteiger partial charge >= 0.3 is 0 Å². The van der Waals surface area contributed by atoms with E-state index in [1.165, 1.54) is 19.5 Å². The zero-order valence-corrected chi connectivity index (χ0v) is 19.4. The molecule has 0 aliphatic heterocycles. The Morgan fingerprint density at radius 3 is 2.39 bits per heavy atom. The third kappa shape index (κ3) is 5.03. The van der Waals surface area contributed by atoms with Crippen LogP contribution in [0.2, 0.25) is 10.0 Å². The molecule has 0 radical (unpaired) electrons. The highest BCUT2D eigenvalue weighted by Crippen LogP contribution is 2.30. The number of halogens is 2. The third-order valence-electron chi connectivity index (χ3n) is 4.86. The molecule has 3 heterocycles. The van der Waals surface area contributed by atoms with E-state index < -0.39 is 5.91 Å². The summed E-state index contributed by atoms with van der Waals surface area (Å²) < 4.78 is 17.9. The minimum Gasteiger partial charge on any atom is -0.497 e. The number of methoxy groups -OCH3 is 2. The molecule has 1 amide bonds. The van der Waals surface area contributed by atoms with Crippen molar-refractivity contribution in [2.24, 2.45) is 0 Å². The lowest BCUT2D eigenvalue weighted by atomic mass is 10.2. The van der Waals surface area contributed by atoms with Crippen molar-refractivity contribution in [2.75, 3.05) is 19.5 Å². The van der Waals surface area contributed by atoms with Crippen LogP contribution in [0.4, 0.5) is 5.69 Å². The Bertz CT molecular complexity index is 1270. The third-order valence-corrected chi connectivity index (χ3v) is 5.43. The molecular weight excluding hydrogens is 467 g/mol. The number of nitrogens with one attached hydrogen (secondary N) is 1.